The second-order valence-electron chi connectivity index (χ2n) is 12.6. The molecule has 1 aromatic carbocycles. The molecule has 0 bridgehead atoms. The van der Waals surface area contributed by atoms with Crippen LogP contribution in [-0.4, -0.2) is 52.1 Å². The van der Waals surface area contributed by atoms with Crippen LogP contribution < -0.4 is 8.49 Å². The SMILES string of the molecule is Cc1cc2c(c(OS(=O)(=O)C(F)(F)F)c1C(OC(C)(C)C)C(=O)O[C@@H]1C[C@H](C)CC[C@H]1C(C)C)CCN2S(=O)(=O)C(F)(F)F. The van der Waals surface area contributed by atoms with Crippen LogP contribution in [0.15, 0.2) is 6.07 Å². The van der Waals surface area contributed by atoms with Crippen LogP contribution in [0.1, 0.15) is 83.6 Å². The number of benzene rings is 1. The van der Waals surface area contributed by atoms with Crippen molar-refractivity contribution in [1.29, 1.82) is 0 Å². The molecule has 1 aliphatic carbocycles. The fraction of sp³-hybridized carbons (Fsp3) is 0.741. The Kier molecular flexibility index (Phi) is 10.00. The highest BCUT2D eigenvalue weighted by Gasteiger charge is 2.54. The molecule has 0 amide bonds. The zero-order valence-electron chi connectivity index (χ0n) is 25.3. The molecule has 4 atom stereocenters. The van der Waals surface area contributed by atoms with Crippen LogP contribution >= 0.6 is 0 Å². The first-order valence-corrected chi connectivity index (χ1v) is 16.8. The number of fused-ring (bicyclic) bond motifs is 1. The minimum atomic E-state index is -6.45. The smallest absolute Gasteiger partial charge is 0.460 e. The van der Waals surface area contributed by atoms with E-state index in [1.54, 1.807) is 0 Å². The van der Waals surface area contributed by atoms with E-state index in [0.29, 0.717) is 6.42 Å². The number of rotatable bonds is 8. The first-order chi connectivity index (χ1) is 19.8. The van der Waals surface area contributed by atoms with Crippen molar-refractivity contribution in [2.45, 2.75) is 103 Å². The van der Waals surface area contributed by atoms with Gasteiger partial charge in [-0.3, -0.25) is 4.31 Å². The van der Waals surface area contributed by atoms with Gasteiger partial charge in [0.2, 0.25) is 0 Å². The van der Waals surface area contributed by atoms with E-state index >= 15 is 0 Å². The summed E-state index contributed by atoms with van der Waals surface area (Å²) in [6.45, 7) is 10.7. The Morgan fingerprint density at radius 3 is 2.09 bits per heavy atom. The maximum atomic E-state index is 13.9. The van der Waals surface area contributed by atoms with Gasteiger partial charge in [0.25, 0.3) is 0 Å². The van der Waals surface area contributed by atoms with Gasteiger partial charge in [-0.05, 0) is 76.3 Å². The molecule has 0 saturated heterocycles. The van der Waals surface area contributed by atoms with Crippen LogP contribution in [0.3, 0.4) is 0 Å². The van der Waals surface area contributed by atoms with Gasteiger partial charge in [-0.1, -0.05) is 27.2 Å². The van der Waals surface area contributed by atoms with E-state index in [1.807, 2.05) is 20.8 Å². The molecule has 1 heterocycles. The average molecular weight is 682 g/mol. The zero-order chi connectivity index (χ0) is 33.8. The molecular formula is C27H37F6NO8S2. The Labute approximate surface area is 253 Å². The van der Waals surface area contributed by atoms with Crippen LogP contribution in [0.5, 0.6) is 5.75 Å². The third kappa shape index (κ3) is 7.40. The summed E-state index contributed by atoms with van der Waals surface area (Å²) in [5.74, 6) is -1.99. The molecule has 0 spiro atoms. The maximum Gasteiger partial charge on any atom is 0.534 e. The van der Waals surface area contributed by atoms with E-state index in [9.17, 15) is 48.0 Å². The lowest BCUT2D eigenvalue weighted by atomic mass is 9.75. The molecule has 1 aromatic rings. The molecule has 17 heteroatoms. The third-order valence-corrected chi connectivity index (χ3v) is 10.2. The van der Waals surface area contributed by atoms with E-state index < -0.39 is 90.5 Å². The number of nitrogens with zero attached hydrogens (tertiary/aromatic N) is 1. The minimum absolute atomic E-state index is 0.0611. The van der Waals surface area contributed by atoms with E-state index in [1.165, 1.54) is 20.8 Å². The topological polar surface area (TPSA) is 116 Å². The highest BCUT2D eigenvalue weighted by atomic mass is 32.2. The van der Waals surface area contributed by atoms with Crippen molar-refractivity contribution >= 4 is 31.8 Å². The maximum absolute atomic E-state index is 13.9. The number of sulfonamides is 1. The normalized spacial score (nSPS) is 22.6. The van der Waals surface area contributed by atoms with Crippen molar-refractivity contribution < 1.29 is 61.6 Å². The van der Waals surface area contributed by atoms with Crippen LogP contribution in [0.4, 0.5) is 32.0 Å². The predicted octanol–water partition coefficient (Wildman–Crippen LogP) is 6.30. The summed E-state index contributed by atoms with van der Waals surface area (Å²) >= 11 is 0. The van der Waals surface area contributed by atoms with Gasteiger partial charge in [0.1, 0.15) is 6.10 Å². The molecule has 1 aliphatic heterocycles. The predicted molar refractivity (Wildman–Crippen MR) is 148 cm³/mol. The zero-order valence-corrected chi connectivity index (χ0v) is 26.9. The molecule has 0 aromatic heterocycles. The summed E-state index contributed by atoms with van der Waals surface area (Å²) in [5, 5.41) is 0. The summed E-state index contributed by atoms with van der Waals surface area (Å²) < 4.78 is 146. The summed E-state index contributed by atoms with van der Waals surface area (Å²) in [6.07, 6.45) is -1.06. The van der Waals surface area contributed by atoms with Gasteiger partial charge >= 0.3 is 37.1 Å². The van der Waals surface area contributed by atoms with Gasteiger partial charge in [0.05, 0.1) is 11.3 Å². The van der Waals surface area contributed by atoms with E-state index in [-0.39, 0.29) is 27.6 Å². The van der Waals surface area contributed by atoms with Gasteiger partial charge in [-0.25, -0.2) is 4.79 Å². The van der Waals surface area contributed by atoms with E-state index in [2.05, 4.69) is 4.18 Å². The van der Waals surface area contributed by atoms with Crippen molar-refractivity contribution in [3.8, 4) is 5.75 Å². The van der Waals surface area contributed by atoms with Crippen molar-refractivity contribution in [2.75, 3.05) is 10.8 Å². The second kappa shape index (κ2) is 12.2. The number of alkyl halides is 6. The number of halogens is 6. The molecule has 2 aliphatic rings. The van der Waals surface area contributed by atoms with Gasteiger partial charge < -0.3 is 13.7 Å². The molecule has 1 fully saturated rings. The molecule has 1 unspecified atom stereocenters. The lowest BCUT2D eigenvalue weighted by molar-refractivity contribution is -0.179. The summed E-state index contributed by atoms with van der Waals surface area (Å²) in [6, 6.07) is 0.917. The van der Waals surface area contributed by atoms with Crippen molar-refractivity contribution in [3.63, 3.8) is 0 Å². The van der Waals surface area contributed by atoms with Crippen LogP contribution in [0.25, 0.3) is 0 Å². The Balaban J connectivity index is 2.27. The summed E-state index contributed by atoms with van der Waals surface area (Å²) in [4.78, 5) is 13.9. The number of carbonyl (C=O) groups excluding carboxylic acids is 1. The second-order valence-corrected chi connectivity index (χ2v) is 16.0. The number of aryl methyl sites for hydroxylation is 1. The van der Waals surface area contributed by atoms with Gasteiger partial charge in [0.15, 0.2) is 11.9 Å². The van der Waals surface area contributed by atoms with Crippen LogP contribution in [-0.2, 0) is 40.8 Å². The standard InChI is InChI=1S/C27H37F6NO8S2/c1-14(2)17-9-8-15(3)12-20(17)40-24(35)23(41-25(5,6)7)21-16(4)13-19-18(22(21)42-44(38,39)27(31,32)33)10-11-34(19)43(36,37)26(28,29)30/h13-15,17,20,23H,8-12H2,1-7H3/t15-,17+,20-,23?/m1/s1. The van der Waals surface area contributed by atoms with Crippen LogP contribution in [0.2, 0.25) is 0 Å². The summed E-state index contributed by atoms with van der Waals surface area (Å²) in [7, 11) is -12.5. The highest BCUT2D eigenvalue weighted by Crippen LogP contribution is 2.48. The van der Waals surface area contributed by atoms with Gasteiger partial charge in [-0.15, -0.1) is 0 Å². The van der Waals surface area contributed by atoms with E-state index in [4.69, 9.17) is 9.47 Å². The number of esters is 1. The Hall–Kier alpha value is -2.27. The van der Waals surface area contributed by atoms with Crippen molar-refractivity contribution in [3.05, 3.63) is 22.8 Å². The molecule has 252 valence electrons. The highest BCUT2D eigenvalue weighted by molar-refractivity contribution is 7.93. The number of hydrogen-bond acceptors (Lipinski definition) is 8. The fourth-order valence-electron chi connectivity index (χ4n) is 5.62. The lowest BCUT2D eigenvalue weighted by Gasteiger charge is -2.38. The third-order valence-electron chi connectivity index (χ3n) is 7.68. The fourth-order valence-corrected chi connectivity index (χ4v) is 7.13. The quantitative estimate of drug-likeness (QED) is 0.136. The van der Waals surface area contributed by atoms with E-state index in [0.717, 1.165) is 25.8 Å². The summed E-state index contributed by atoms with van der Waals surface area (Å²) in [5.41, 5.74) is -15.0. The molecule has 44 heavy (non-hydrogen) atoms. The van der Waals surface area contributed by atoms with Gasteiger partial charge in [-0.2, -0.15) is 43.2 Å². The lowest BCUT2D eigenvalue weighted by Crippen LogP contribution is -2.40. The molecule has 1 saturated carbocycles. The number of ether oxygens (including phenoxy) is 2. The van der Waals surface area contributed by atoms with Crippen LogP contribution in [0, 0.1) is 24.7 Å². The molecule has 0 radical (unpaired) electrons. The largest absolute Gasteiger partial charge is 0.534 e. The molecule has 9 nitrogen and oxygen atoms in total. The molecule has 0 N–H and O–H groups in total. The number of anilines is 1. The Morgan fingerprint density at radius 1 is 1.00 bits per heavy atom. The van der Waals surface area contributed by atoms with Crippen molar-refractivity contribution in [1.82, 2.24) is 0 Å². The Bertz CT molecular complexity index is 1470. The average Bonchev–Trinajstić information content (AvgIpc) is 3.25. The molecule has 3 rings (SSSR count). The van der Waals surface area contributed by atoms with Crippen molar-refractivity contribution in [2.24, 2.45) is 17.8 Å². The number of carbonyl (C=O) groups is 1. The van der Waals surface area contributed by atoms with Gasteiger partial charge in [0, 0.05) is 17.7 Å². The Morgan fingerprint density at radius 2 is 1.59 bits per heavy atom. The number of hydrogen-bond donors (Lipinski definition) is 0. The minimum Gasteiger partial charge on any atom is -0.460 e. The monoisotopic (exact) mass is 681 g/mol. The first kappa shape index (κ1) is 36.2. The first-order valence-electron chi connectivity index (χ1n) is 13.9. The molecular weight excluding hydrogens is 644 g/mol.